The SMILES string of the molecule is N=C(N)c1ccc(-c2csc(C(N)[C@@H]3C[C@@H](CC(=O)O)C(=O)N3)n2)cc1. The molecular formula is C17H19N5O3S. The number of amides is 1. The first-order chi connectivity index (χ1) is 12.3. The number of carbonyl (C=O) groups is 2. The normalized spacial score (nSPS) is 20.6. The van der Waals surface area contributed by atoms with Crippen LogP contribution in [0.2, 0.25) is 0 Å². The summed E-state index contributed by atoms with van der Waals surface area (Å²) in [6.07, 6.45) is 0.190. The number of benzene rings is 1. The van der Waals surface area contributed by atoms with Crippen LogP contribution in [-0.2, 0) is 9.59 Å². The molecular weight excluding hydrogens is 354 g/mol. The number of aromatic nitrogens is 1. The van der Waals surface area contributed by atoms with E-state index in [0.717, 1.165) is 11.3 Å². The fraction of sp³-hybridized carbons (Fsp3) is 0.294. The van der Waals surface area contributed by atoms with Gasteiger partial charge in [0.15, 0.2) is 0 Å². The Labute approximate surface area is 153 Å². The molecule has 1 aromatic carbocycles. The molecule has 1 unspecified atom stereocenters. The van der Waals surface area contributed by atoms with E-state index in [1.165, 1.54) is 11.3 Å². The predicted octanol–water partition coefficient (Wildman–Crippen LogP) is 1.07. The molecule has 0 aliphatic carbocycles. The highest BCUT2D eigenvalue weighted by Gasteiger charge is 2.37. The highest BCUT2D eigenvalue weighted by molar-refractivity contribution is 7.10. The molecule has 1 saturated heterocycles. The summed E-state index contributed by atoms with van der Waals surface area (Å²) in [7, 11) is 0. The number of rotatable bonds is 6. The van der Waals surface area contributed by atoms with E-state index in [9.17, 15) is 9.59 Å². The standard InChI is InChI=1S/C17H19N5O3S/c18-14(11-5-10(6-13(23)24)16(25)21-11)17-22-12(7-26-17)8-1-3-9(4-2-8)15(19)20/h1-4,7,10-11,14H,5-6,18H2,(H3,19,20)(H,21,25)(H,23,24)/t10-,11-,14?/m0/s1. The number of amidine groups is 1. The summed E-state index contributed by atoms with van der Waals surface area (Å²) >= 11 is 1.40. The summed E-state index contributed by atoms with van der Waals surface area (Å²) in [6.45, 7) is 0. The number of carboxylic acids is 1. The number of carboxylic acid groups (broad SMARTS) is 1. The Morgan fingerprint density at radius 2 is 2.12 bits per heavy atom. The first-order valence-corrected chi connectivity index (χ1v) is 8.91. The van der Waals surface area contributed by atoms with Gasteiger partial charge in [-0.15, -0.1) is 11.3 Å². The maximum absolute atomic E-state index is 11.9. The van der Waals surface area contributed by atoms with Crippen LogP contribution in [0.4, 0.5) is 0 Å². The van der Waals surface area contributed by atoms with Crippen LogP contribution in [0.15, 0.2) is 29.6 Å². The van der Waals surface area contributed by atoms with E-state index in [4.69, 9.17) is 22.0 Å². The lowest BCUT2D eigenvalue weighted by Crippen LogP contribution is -2.36. The minimum absolute atomic E-state index is 0.00503. The lowest BCUT2D eigenvalue weighted by Gasteiger charge is -2.16. The fourth-order valence-corrected chi connectivity index (χ4v) is 3.86. The van der Waals surface area contributed by atoms with Gasteiger partial charge < -0.3 is 21.9 Å². The van der Waals surface area contributed by atoms with E-state index in [0.29, 0.717) is 17.0 Å². The van der Waals surface area contributed by atoms with Crippen molar-refractivity contribution in [3.63, 3.8) is 0 Å². The van der Waals surface area contributed by atoms with Gasteiger partial charge in [0, 0.05) is 16.5 Å². The second kappa shape index (κ2) is 7.22. The van der Waals surface area contributed by atoms with Crippen LogP contribution in [0.5, 0.6) is 0 Å². The Morgan fingerprint density at radius 1 is 1.42 bits per heavy atom. The van der Waals surface area contributed by atoms with Crippen LogP contribution in [0.1, 0.15) is 29.5 Å². The Hall–Kier alpha value is -2.78. The number of thiazole rings is 1. The van der Waals surface area contributed by atoms with Gasteiger partial charge in [-0.05, 0) is 6.42 Å². The molecule has 0 spiro atoms. The lowest BCUT2D eigenvalue weighted by atomic mass is 9.98. The van der Waals surface area contributed by atoms with Crippen LogP contribution in [-0.4, -0.2) is 33.8 Å². The van der Waals surface area contributed by atoms with Gasteiger partial charge in [-0.25, -0.2) is 4.98 Å². The molecule has 3 atom stereocenters. The van der Waals surface area contributed by atoms with Crippen molar-refractivity contribution in [1.29, 1.82) is 5.41 Å². The molecule has 136 valence electrons. The topological polar surface area (TPSA) is 155 Å². The molecule has 8 nitrogen and oxygen atoms in total. The summed E-state index contributed by atoms with van der Waals surface area (Å²) < 4.78 is 0. The minimum atomic E-state index is -0.995. The maximum Gasteiger partial charge on any atom is 0.304 e. The predicted molar refractivity (Wildman–Crippen MR) is 97.8 cm³/mol. The summed E-state index contributed by atoms with van der Waals surface area (Å²) in [5.41, 5.74) is 14.0. The van der Waals surface area contributed by atoms with Crippen molar-refractivity contribution in [3.05, 3.63) is 40.2 Å². The molecule has 26 heavy (non-hydrogen) atoms. The first-order valence-electron chi connectivity index (χ1n) is 8.03. The van der Waals surface area contributed by atoms with Gasteiger partial charge >= 0.3 is 5.97 Å². The van der Waals surface area contributed by atoms with Gasteiger partial charge in [0.25, 0.3) is 0 Å². The van der Waals surface area contributed by atoms with Gasteiger partial charge in [-0.2, -0.15) is 0 Å². The highest BCUT2D eigenvalue weighted by Crippen LogP contribution is 2.31. The molecule has 9 heteroatoms. The molecule has 1 aliphatic heterocycles. The van der Waals surface area contributed by atoms with E-state index in [2.05, 4.69) is 10.3 Å². The van der Waals surface area contributed by atoms with Crippen LogP contribution in [0.25, 0.3) is 11.3 Å². The maximum atomic E-state index is 11.9. The smallest absolute Gasteiger partial charge is 0.304 e. The van der Waals surface area contributed by atoms with Crippen molar-refractivity contribution >= 4 is 29.0 Å². The van der Waals surface area contributed by atoms with E-state index >= 15 is 0 Å². The Kier molecular flexibility index (Phi) is 5.01. The number of carbonyl (C=O) groups excluding carboxylic acids is 1. The van der Waals surface area contributed by atoms with Crippen LogP contribution >= 0.6 is 11.3 Å². The zero-order chi connectivity index (χ0) is 18.8. The van der Waals surface area contributed by atoms with Gasteiger partial charge in [0.05, 0.1) is 30.1 Å². The van der Waals surface area contributed by atoms with Crippen molar-refractivity contribution < 1.29 is 14.7 Å². The zero-order valence-electron chi connectivity index (χ0n) is 13.8. The first kappa shape index (κ1) is 18.0. The molecule has 0 saturated carbocycles. The van der Waals surface area contributed by atoms with Gasteiger partial charge in [-0.1, -0.05) is 24.3 Å². The summed E-state index contributed by atoms with van der Waals surface area (Å²) in [4.78, 5) is 27.3. The van der Waals surface area contributed by atoms with E-state index in [1.54, 1.807) is 12.1 Å². The van der Waals surface area contributed by atoms with Gasteiger partial charge in [0.1, 0.15) is 10.8 Å². The molecule has 1 aliphatic rings. The number of nitrogens with two attached hydrogens (primary N) is 2. The monoisotopic (exact) mass is 373 g/mol. The molecule has 1 amide bonds. The summed E-state index contributed by atoms with van der Waals surface area (Å²) in [5, 5.41) is 21.6. The second-order valence-electron chi connectivity index (χ2n) is 6.23. The quantitative estimate of drug-likeness (QED) is 0.377. The minimum Gasteiger partial charge on any atom is -0.481 e. The number of hydrogen-bond donors (Lipinski definition) is 5. The van der Waals surface area contributed by atoms with Crippen molar-refractivity contribution in [2.45, 2.75) is 24.9 Å². The lowest BCUT2D eigenvalue weighted by molar-refractivity contribution is -0.140. The Balaban J connectivity index is 1.72. The summed E-state index contributed by atoms with van der Waals surface area (Å²) in [6, 6.07) is 6.36. The molecule has 1 aromatic heterocycles. The van der Waals surface area contributed by atoms with Crippen molar-refractivity contribution in [1.82, 2.24) is 10.3 Å². The number of nitrogens with zero attached hydrogens (tertiary/aromatic N) is 1. The molecule has 2 heterocycles. The number of nitrogen functional groups attached to an aromatic ring is 1. The van der Waals surface area contributed by atoms with E-state index < -0.39 is 17.9 Å². The van der Waals surface area contributed by atoms with Crippen molar-refractivity contribution in [3.8, 4) is 11.3 Å². The van der Waals surface area contributed by atoms with Crippen LogP contribution in [0.3, 0.4) is 0 Å². The molecule has 2 aromatic rings. The third kappa shape index (κ3) is 3.73. The second-order valence-corrected chi connectivity index (χ2v) is 7.12. The Morgan fingerprint density at radius 3 is 2.73 bits per heavy atom. The molecule has 0 bridgehead atoms. The molecule has 7 N–H and O–H groups in total. The number of nitrogens with one attached hydrogen (secondary N) is 2. The molecule has 3 rings (SSSR count). The molecule has 1 fully saturated rings. The zero-order valence-corrected chi connectivity index (χ0v) is 14.6. The van der Waals surface area contributed by atoms with E-state index in [-0.39, 0.29) is 24.2 Å². The number of hydrogen-bond acceptors (Lipinski definition) is 6. The number of aliphatic carboxylic acids is 1. The average Bonchev–Trinajstić information content (AvgIpc) is 3.22. The fourth-order valence-electron chi connectivity index (χ4n) is 2.96. The van der Waals surface area contributed by atoms with Crippen LogP contribution < -0.4 is 16.8 Å². The van der Waals surface area contributed by atoms with Gasteiger partial charge in [0.2, 0.25) is 5.91 Å². The largest absolute Gasteiger partial charge is 0.481 e. The Bertz CT molecular complexity index is 848. The van der Waals surface area contributed by atoms with Crippen molar-refractivity contribution in [2.75, 3.05) is 0 Å². The average molecular weight is 373 g/mol. The van der Waals surface area contributed by atoms with Gasteiger partial charge in [-0.3, -0.25) is 15.0 Å². The highest BCUT2D eigenvalue weighted by atomic mass is 32.1. The van der Waals surface area contributed by atoms with E-state index in [1.807, 2.05) is 17.5 Å². The third-order valence-electron chi connectivity index (χ3n) is 4.39. The van der Waals surface area contributed by atoms with Crippen molar-refractivity contribution in [2.24, 2.45) is 17.4 Å². The molecule has 0 radical (unpaired) electrons. The van der Waals surface area contributed by atoms with Crippen LogP contribution in [0, 0.1) is 11.3 Å². The third-order valence-corrected chi connectivity index (χ3v) is 5.34. The summed E-state index contributed by atoms with van der Waals surface area (Å²) in [5.74, 6) is -1.82.